The van der Waals surface area contributed by atoms with E-state index in [2.05, 4.69) is 6.92 Å². The van der Waals surface area contributed by atoms with E-state index in [1.54, 1.807) is 0 Å². The average molecular weight is 225 g/mol. The van der Waals surface area contributed by atoms with E-state index in [1.165, 1.54) is 11.5 Å². The maximum Gasteiger partial charge on any atom is 0.122 e. The Hall–Kier alpha value is -0.830. The number of thioether (sulfide) groups is 1. The minimum Gasteiger partial charge on any atom is -0.493 e. The van der Waals surface area contributed by atoms with E-state index in [4.69, 9.17) is 10.5 Å². The zero-order valence-electron chi connectivity index (χ0n) is 9.45. The predicted octanol–water partition coefficient (Wildman–Crippen LogP) is 3.10. The molecular weight excluding hydrogens is 206 g/mol. The van der Waals surface area contributed by atoms with Gasteiger partial charge in [0.25, 0.3) is 0 Å². The maximum atomic E-state index is 5.67. The first-order valence-electron chi connectivity index (χ1n) is 5.30. The van der Waals surface area contributed by atoms with Gasteiger partial charge in [0.15, 0.2) is 0 Å². The van der Waals surface area contributed by atoms with Crippen LogP contribution in [0.2, 0.25) is 0 Å². The van der Waals surface area contributed by atoms with Gasteiger partial charge in [-0.3, -0.25) is 0 Å². The lowest BCUT2D eigenvalue weighted by molar-refractivity contribution is 0.316. The fourth-order valence-corrected chi connectivity index (χ4v) is 1.93. The minimum atomic E-state index is 0.789. The van der Waals surface area contributed by atoms with Crippen LogP contribution in [0.5, 0.6) is 5.75 Å². The molecule has 84 valence electrons. The van der Waals surface area contributed by atoms with Gasteiger partial charge in [-0.25, -0.2) is 0 Å². The number of nitrogens with two attached hydrogens (primary N) is 1. The van der Waals surface area contributed by atoms with Crippen LogP contribution in [0.1, 0.15) is 18.9 Å². The molecule has 3 heteroatoms. The average Bonchev–Trinajstić information content (AvgIpc) is 2.20. The van der Waals surface area contributed by atoms with Crippen molar-refractivity contribution in [2.45, 2.75) is 20.3 Å². The van der Waals surface area contributed by atoms with Gasteiger partial charge in [0, 0.05) is 5.69 Å². The van der Waals surface area contributed by atoms with Crippen LogP contribution in [0.25, 0.3) is 0 Å². The molecule has 2 nitrogen and oxygen atoms in total. The third kappa shape index (κ3) is 4.47. The van der Waals surface area contributed by atoms with Gasteiger partial charge in [-0.2, -0.15) is 11.8 Å². The van der Waals surface area contributed by atoms with Crippen LogP contribution in [0, 0.1) is 6.92 Å². The van der Waals surface area contributed by atoms with Gasteiger partial charge in [-0.05, 0) is 48.6 Å². The monoisotopic (exact) mass is 225 g/mol. The zero-order chi connectivity index (χ0) is 11.1. The van der Waals surface area contributed by atoms with Crippen molar-refractivity contribution in [3.05, 3.63) is 23.8 Å². The summed E-state index contributed by atoms with van der Waals surface area (Å²) < 4.78 is 5.67. The van der Waals surface area contributed by atoms with Crippen LogP contribution in [0.4, 0.5) is 5.69 Å². The van der Waals surface area contributed by atoms with Crippen molar-refractivity contribution in [1.29, 1.82) is 0 Å². The molecule has 0 amide bonds. The molecule has 1 rings (SSSR count). The van der Waals surface area contributed by atoms with Gasteiger partial charge in [0.2, 0.25) is 0 Å². The van der Waals surface area contributed by atoms with E-state index in [-0.39, 0.29) is 0 Å². The lowest BCUT2D eigenvalue weighted by atomic mass is 10.2. The number of ether oxygens (including phenoxy) is 1. The number of nitrogen functional groups attached to an aromatic ring is 1. The molecule has 1 aromatic rings. The summed E-state index contributed by atoms with van der Waals surface area (Å²) in [5.41, 5.74) is 7.57. The molecule has 0 aliphatic rings. The van der Waals surface area contributed by atoms with Gasteiger partial charge in [-0.1, -0.05) is 6.92 Å². The van der Waals surface area contributed by atoms with E-state index in [9.17, 15) is 0 Å². The second-order valence-corrected chi connectivity index (χ2v) is 4.82. The van der Waals surface area contributed by atoms with Crippen LogP contribution in [-0.2, 0) is 0 Å². The van der Waals surface area contributed by atoms with Gasteiger partial charge < -0.3 is 10.5 Å². The molecule has 0 saturated heterocycles. The Morgan fingerprint density at radius 2 is 2.20 bits per heavy atom. The fraction of sp³-hybridized carbons (Fsp3) is 0.500. The molecule has 0 bridgehead atoms. The second-order valence-electron chi connectivity index (χ2n) is 3.42. The highest BCUT2D eigenvalue weighted by Gasteiger charge is 1.99. The molecule has 0 fully saturated rings. The molecule has 0 aromatic heterocycles. The highest BCUT2D eigenvalue weighted by atomic mass is 32.2. The second kappa shape index (κ2) is 6.62. The Morgan fingerprint density at radius 3 is 2.87 bits per heavy atom. The van der Waals surface area contributed by atoms with E-state index in [0.717, 1.165) is 30.0 Å². The van der Waals surface area contributed by atoms with E-state index in [1.807, 2.05) is 36.9 Å². The third-order valence-electron chi connectivity index (χ3n) is 2.09. The third-order valence-corrected chi connectivity index (χ3v) is 3.08. The first-order valence-corrected chi connectivity index (χ1v) is 6.46. The Morgan fingerprint density at radius 1 is 1.40 bits per heavy atom. The van der Waals surface area contributed by atoms with Crippen LogP contribution in [0.15, 0.2) is 18.2 Å². The zero-order valence-corrected chi connectivity index (χ0v) is 10.3. The van der Waals surface area contributed by atoms with Gasteiger partial charge in [0.1, 0.15) is 5.75 Å². The summed E-state index contributed by atoms with van der Waals surface area (Å²) in [5, 5.41) is 0. The van der Waals surface area contributed by atoms with E-state index >= 15 is 0 Å². The first kappa shape index (κ1) is 12.2. The van der Waals surface area contributed by atoms with E-state index < -0.39 is 0 Å². The fourth-order valence-electron chi connectivity index (χ4n) is 1.32. The lowest BCUT2D eigenvalue weighted by Crippen LogP contribution is -2.00. The Bertz CT molecular complexity index is 302. The van der Waals surface area contributed by atoms with Crippen molar-refractivity contribution in [1.82, 2.24) is 0 Å². The maximum absolute atomic E-state index is 5.67. The van der Waals surface area contributed by atoms with Crippen molar-refractivity contribution in [3.63, 3.8) is 0 Å². The SMILES string of the molecule is CCSCCCOc1ccc(N)cc1C. The highest BCUT2D eigenvalue weighted by molar-refractivity contribution is 7.99. The summed E-state index contributed by atoms with van der Waals surface area (Å²) >= 11 is 1.95. The molecule has 0 aliphatic heterocycles. The minimum absolute atomic E-state index is 0.789. The number of hydrogen-bond donors (Lipinski definition) is 1. The van der Waals surface area contributed by atoms with E-state index in [0.29, 0.717) is 0 Å². The van der Waals surface area contributed by atoms with Crippen LogP contribution in [0.3, 0.4) is 0 Å². The van der Waals surface area contributed by atoms with Crippen LogP contribution < -0.4 is 10.5 Å². The highest BCUT2D eigenvalue weighted by Crippen LogP contribution is 2.20. The lowest BCUT2D eigenvalue weighted by Gasteiger charge is -2.09. The quantitative estimate of drug-likeness (QED) is 0.597. The Kier molecular flexibility index (Phi) is 5.40. The number of aryl methyl sites for hydroxylation is 1. The van der Waals surface area contributed by atoms with Crippen LogP contribution in [-0.4, -0.2) is 18.1 Å². The summed E-state index contributed by atoms with van der Waals surface area (Å²) in [6.45, 7) is 4.99. The van der Waals surface area contributed by atoms with Crippen molar-refractivity contribution in [3.8, 4) is 5.75 Å². The molecular formula is C12H19NOS. The number of hydrogen-bond acceptors (Lipinski definition) is 3. The molecule has 2 N–H and O–H groups in total. The standard InChI is InChI=1S/C12H19NOS/c1-3-15-8-4-7-14-12-6-5-11(13)9-10(12)2/h5-6,9H,3-4,7-8,13H2,1-2H3. The summed E-state index contributed by atoms with van der Waals surface area (Å²) in [6, 6.07) is 5.76. The molecule has 1 aromatic carbocycles. The van der Waals surface area contributed by atoms with Gasteiger partial charge in [-0.15, -0.1) is 0 Å². The number of rotatable bonds is 6. The molecule has 0 heterocycles. The molecule has 15 heavy (non-hydrogen) atoms. The first-order chi connectivity index (χ1) is 7.24. The van der Waals surface area contributed by atoms with Crippen molar-refractivity contribution < 1.29 is 4.74 Å². The molecule has 0 unspecified atom stereocenters. The smallest absolute Gasteiger partial charge is 0.122 e. The van der Waals surface area contributed by atoms with Gasteiger partial charge in [0.05, 0.1) is 6.61 Å². The summed E-state index contributed by atoms with van der Waals surface area (Å²) in [4.78, 5) is 0. The molecule has 0 atom stereocenters. The Labute approximate surface area is 96.2 Å². The summed E-state index contributed by atoms with van der Waals surface area (Å²) in [6.07, 6.45) is 1.10. The molecule has 0 aliphatic carbocycles. The molecule has 0 spiro atoms. The molecule has 0 radical (unpaired) electrons. The molecule has 0 saturated carbocycles. The normalized spacial score (nSPS) is 10.3. The predicted molar refractivity (Wildman–Crippen MR) is 68.7 cm³/mol. The van der Waals surface area contributed by atoms with Crippen molar-refractivity contribution >= 4 is 17.4 Å². The van der Waals surface area contributed by atoms with Crippen LogP contribution >= 0.6 is 11.8 Å². The largest absolute Gasteiger partial charge is 0.493 e. The Balaban J connectivity index is 2.31. The summed E-state index contributed by atoms with van der Waals surface area (Å²) in [7, 11) is 0. The number of anilines is 1. The number of benzene rings is 1. The van der Waals surface area contributed by atoms with Gasteiger partial charge >= 0.3 is 0 Å². The van der Waals surface area contributed by atoms with Crippen molar-refractivity contribution in [2.75, 3.05) is 23.8 Å². The van der Waals surface area contributed by atoms with Crippen molar-refractivity contribution in [2.24, 2.45) is 0 Å². The topological polar surface area (TPSA) is 35.2 Å². The summed E-state index contributed by atoms with van der Waals surface area (Å²) in [5.74, 6) is 3.30.